The molecule has 1 N–H and O–H groups in total. The molecular weight excluding hydrogens is 451 g/mol. The van der Waals surface area contributed by atoms with E-state index in [-0.39, 0.29) is 24.2 Å². The Kier molecular flexibility index (Phi) is 7.50. The summed E-state index contributed by atoms with van der Waals surface area (Å²) < 4.78 is 38.1. The van der Waals surface area contributed by atoms with Gasteiger partial charge in [-0.15, -0.1) is 0 Å². The fourth-order valence-electron chi connectivity index (χ4n) is 4.05. The molecule has 0 bridgehead atoms. The summed E-state index contributed by atoms with van der Waals surface area (Å²) in [7, 11) is 0. The van der Waals surface area contributed by atoms with Gasteiger partial charge >= 0.3 is 0 Å². The van der Waals surface area contributed by atoms with E-state index in [0.29, 0.717) is 17.0 Å². The summed E-state index contributed by atoms with van der Waals surface area (Å²) >= 11 is -2.41. The Labute approximate surface area is 199 Å². The van der Waals surface area contributed by atoms with Gasteiger partial charge in [0.1, 0.15) is 5.82 Å². The molecule has 0 radical (unpaired) electrons. The van der Waals surface area contributed by atoms with E-state index in [4.69, 9.17) is 4.98 Å². The Balaban J connectivity index is 1.91. The van der Waals surface area contributed by atoms with E-state index in [1.54, 1.807) is 36.7 Å². The smallest absolute Gasteiger partial charge is 0.123 e. The zero-order chi connectivity index (χ0) is 23.9. The van der Waals surface area contributed by atoms with Crippen LogP contribution in [0.3, 0.4) is 0 Å². The highest BCUT2D eigenvalue weighted by Crippen LogP contribution is 2.42. The fourth-order valence-corrected chi connectivity index (χ4v) is 4.31. The fraction of sp³-hybridized carbons (Fsp3) is 0.115. The first-order chi connectivity index (χ1) is 16.5. The van der Waals surface area contributed by atoms with Crippen molar-refractivity contribution in [2.24, 2.45) is 0 Å². The summed E-state index contributed by atoms with van der Waals surface area (Å²) in [6.45, 7) is 0.0432. The first kappa shape index (κ1) is 23.4. The molecule has 0 fully saturated rings. The molecule has 2 aromatic heterocycles. The van der Waals surface area contributed by atoms with Crippen LogP contribution in [0.5, 0.6) is 0 Å². The molecule has 0 aliphatic heterocycles. The molecule has 4 rings (SSSR count). The number of benzene rings is 2. The van der Waals surface area contributed by atoms with Crippen molar-refractivity contribution in [3.05, 3.63) is 131 Å². The quantitative estimate of drug-likeness (QED) is 0.385. The molecular formula is C26H20FN4O2S-. The largest absolute Gasteiger partial charge is 0.760 e. The number of nitriles is 1. The Morgan fingerprint density at radius 2 is 1.74 bits per heavy atom. The zero-order valence-electron chi connectivity index (χ0n) is 18.0. The van der Waals surface area contributed by atoms with E-state index in [9.17, 15) is 18.4 Å². The lowest BCUT2D eigenvalue weighted by Crippen LogP contribution is -2.19. The number of pyridine rings is 2. The van der Waals surface area contributed by atoms with E-state index in [1.165, 1.54) is 12.1 Å². The first-order valence-corrected chi connectivity index (χ1v) is 11.6. The van der Waals surface area contributed by atoms with Gasteiger partial charge in [0.15, 0.2) is 0 Å². The maximum atomic E-state index is 13.8. The molecule has 34 heavy (non-hydrogen) atoms. The lowest BCUT2D eigenvalue weighted by Gasteiger charge is -2.29. The van der Waals surface area contributed by atoms with Gasteiger partial charge in [-0.2, -0.15) is 5.26 Å². The number of nitrogens with one attached hydrogen (secondary N) is 1. The summed E-state index contributed by atoms with van der Waals surface area (Å²) in [4.78, 5) is 9.04. The van der Waals surface area contributed by atoms with Crippen LogP contribution < -0.4 is 4.72 Å². The minimum Gasteiger partial charge on any atom is -0.760 e. The first-order valence-electron chi connectivity index (χ1n) is 10.5. The third kappa shape index (κ3) is 5.58. The van der Waals surface area contributed by atoms with Crippen molar-refractivity contribution in [2.75, 3.05) is 0 Å². The average Bonchev–Trinajstić information content (AvgIpc) is 2.87. The van der Waals surface area contributed by atoms with Crippen LogP contribution in [-0.2, 0) is 17.8 Å². The van der Waals surface area contributed by atoms with Gasteiger partial charge in [0, 0.05) is 47.7 Å². The molecule has 0 saturated carbocycles. The highest BCUT2D eigenvalue weighted by molar-refractivity contribution is 7.77. The Bertz CT molecular complexity index is 1330. The van der Waals surface area contributed by atoms with Gasteiger partial charge in [-0.1, -0.05) is 36.4 Å². The van der Waals surface area contributed by atoms with Crippen LogP contribution in [0.2, 0.25) is 0 Å². The molecule has 0 amide bonds. The van der Waals surface area contributed by atoms with Crippen LogP contribution in [0.4, 0.5) is 4.39 Å². The van der Waals surface area contributed by atoms with Crippen molar-refractivity contribution in [3.63, 3.8) is 0 Å². The van der Waals surface area contributed by atoms with E-state index >= 15 is 0 Å². The summed E-state index contributed by atoms with van der Waals surface area (Å²) in [6, 6.07) is 25.0. The molecule has 6 nitrogen and oxygen atoms in total. The van der Waals surface area contributed by atoms with Crippen LogP contribution in [0.1, 0.15) is 45.5 Å². The van der Waals surface area contributed by atoms with Gasteiger partial charge in [-0.05, 0) is 59.2 Å². The highest BCUT2D eigenvalue weighted by atomic mass is 32.2. The molecule has 0 aliphatic rings. The van der Waals surface area contributed by atoms with Crippen LogP contribution in [-0.4, -0.2) is 18.7 Å². The maximum absolute atomic E-state index is 13.8. The zero-order valence-corrected chi connectivity index (χ0v) is 18.8. The van der Waals surface area contributed by atoms with Crippen molar-refractivity contribution in [2.45, 2.75) is 18.4 Å². The van der Waals surface area contributed by atoms with Gasteiger partial charge in [0.05, 0.1) is 17.3 Å². The second kappa shape index (κ2) is 10.9. The molecule has 8 heteroatoms. The summed E-state index contributed by atoms with van der Waals surface area (Å²) in [6.07, 6.45) is 3.46. The van der Waals surface area contributed by atoms with Crippen molar-refractivity contribution in [3.8, 4) is 6.07 Å². The van der Waals surface area contributed by atoms with Gasteiger partial charge in [0.2, 0.25) is 0 Å². The molecule has 3 atom stereocenters. The Morgan fingerprint density at radius 3 is 2.44 bits per heavy atom. The van der Waals surface area contributed by atoms with E-state index in [2.05, 4.69) is 15.8 Å². The number of hydrogen-bond donors (Lipinski definition) is 1. The van der Waals surface area contributed by atoms with E-state index in [0.717, 1.165) is 16.7 Å². The number of nitrogens with zero attached hydrogens (tertiary/aromatic N) is 3. The second-order valence-corrected chi connectivity index (χ2v) is 8.40. The van der Waals surface area contributed by atoms with Gasteiger partial charge in [-0.25, -0.2) is 9.11 Å². The minimum absolute atomic E-state index is 0.0432. The Hall–Kier alpha value is -3.77. The Morgan fingerprint density at radius 1 is 0.971 bits per heavy atom. The van der Waals surface area contributed by atoms with Crippen molar-refractivity contribution < 1.29 is 13.2 Å². The maximum Gasteiger partial charge on any atom is 0.123 e. The molecule has 170 valence electrons. The number of aromatic nitrogens is 2. The number of rotatable bonds is 8. The predicted molar refractivity (Wildman–Crippen MR) is 125 cm³/mol. The van der Waals surface area contributed by atoms with Crippen LogP contribution >= 0.6 is 0 Å². The molecule has 3 unspecified atom stereocenters. The SMILES string of the molecule is N#Cc1cccc(C(c2cccnc2)C(c2ccc(F)cc2)c2cccc(CNS(=O)[O-])n2)c1. The highest BCUT2D eigenvalue weighted by Gasteiger charge is 2.30. The summed E-state index contributed by atoms with van der Waals surface area (Å²) in [5.74, 6) is -1.01. The predicted octanol–water partition coefficient (Wildman–Crippen LogP) is 4.34. The molecule has 4 aromatic rings. The minimum atomic E-state index is -2.41. The molecule has 0 aliphatic carbocycles. The molecule has 0 saturated heterocycles. The average molecular weight is 472 g/mol. The van der Waals surface area contributed by atoms with Gasteiger partial charge in [-0.3, -0.25) is 14.2 Å². The summed E-state index contributed by atoms with van der Waals surface area (Å²) in [5.41, 5.74) is 4.35. The van der Waals surface area contributed by atoms with Gasteiger partial charge < -0.3 is 4.55 Å². The van der Waals surface area contributed by atoms with Crippen molar-refractivity contribution >= 4 is 11.3 Å². The van der Waals surface area contributed by atoms with Gasteiger partial charge in [0.25, 0.3) is 0 Å². The van der Waals surface area contributed by atoms with Crippen molar-refractivity contribution in [1.29, 1.82) is 5.26 Å². The third-order valence-corrected chi connectivity index (χ3v) is 5.88. The second-order valence-electron chi connectivity index (χ2n) is 7.64. The van der Waals surface area contributed by atoms with Crippen LogP contribution in [0, 0.1) is 17.1 Å². The third-order valence-electron chi connectivity index (χ3n) is 5.50. The standard InChI is InChI=1S/C26H21FN4O2S/c27-22-11-9-19(10-12-22)26(24-8-2-7-23(31-24)17-30-34(32)33)25(21-6-3-13-29-16-21)20-5-1-4-18(14-20)15-28/h1-14,16,25-26,30H,17H2,(H,32,33)/p-1. The monoisotopic (exact) mass is 471 g/mol. The van der Waals surface area contributed by atoms with E-state index in [1.807, 2.05) is 42.5 Å². The summed E-state index contributed by atoms with van der Waals surface area (Å²) in [5, 5.41) is 9.48. The molecule has 0 spiro atoms. The number of halogens is 1. The lowest BCUT2D eigenvalue weighted by atomic mass is 9.75. The lowest BCUT2D eigenvalue weighted by molar-refractivity contribution is 0.521. The van der Waals surface area contributed by atoms with Crippen molar-refractivity contribution in [1.82, 2.24) is 14.7 Å². The van der Waals surface area contributed by atoms with E-state index < -0.39 is 11.3 Å². The van der Waals surface area contributed by atoms with Crippen LogP contribution in [0.15, 0.2) is 91.3 Å². The number of hydrogen-bond acceptors (Lipinski definition) is 5. The normalized spacial score (nSPS) is 13.6. The topological polar surface area (TPSA) is 102 Å². The molecule has 2 heterocycles. The van der Waals surface area contributed by atoms with Crippen LogP contribution in [0.25, 0.3) is 0 Å². The molecule has 2 aromatic carbocycles.